The van der Waals surface area contributed by atoms with Crippen molar-refractivity contribution in [3.8, 4) is 0 Å². The molecule has 22 heavy (non-hydrogen) atoms. The molecule has 1 amide bonds. The summed E-state index contributed by atoms with van der Waals surface area (Å²) in [6, 6.07) is 14.1. The van der Waals surface area contributed by atoms with Crippen LogP contribution in [0, 0.1) is 0 Å². The fraction of sp³-hybridized carbons (Fsp3) is 0.118. The lowest BCUT2D eigenvalue weighted by Crippen LogP contribution is -2.11. The minimum absolute atomic E-state index is 0.399. The third-order valence-corrected chi connectivity index (χ3v) is 5.93. The Balaban J connectivity index is 2.32. The number of hydrogen-bond donors (Lipinski definition) is 1. The van der Waals surface area contributed by atoms with Gasteiger partial charge < -0.3 is 5.73 Å². The summed E-state index contributed by atoms with van der Waals surface area (Å²) in [5, 5.41) is 1.48. The van der Waals surface area contributed by atoms with E-state index in [4.69, 9.17) is 5.73 Å². The van der Waals surface area contributed by atoms with Crippen molar-refractivity contribution >= 4 is 60.7 Å². The Hall–Kier alpha value is -1.04. The minimum atomic E-state index is -0.399. The number of carbonyl (C=O) groups is 1. The number of benzene rings is 2. The molecule has 2 N–H and O–H groups in total. The fourth-order valence-electron chi connectivity index (χ4n) is 2.56. The van der Waals surface area contributed by atoms with Crippen molar-refractivity contribution in [2.75, 3.05) is 10.7 Å². The van der Waals surface area contributed by atoms with Crippen molar-refractivity contribution in [2.45, 2.75) is 9.79 Å². The average molecular weight is 439 g/mol. The molecule has 0 bridgehead atoms. The molecule has 0 unspecified atom stereocenters. The maximum absolute atomic E-state index is 11.5. The fourth-order valence-corrected chi connectivity index (χ4v) is 4.96. The van der Waals surface area contributed by atoms with E-state index in [1.54, 1.807) is 17.8 Å². The predicted molar refractivity (Wildman–Crippen MR) is 99.9 cm³/mol. The summed E-state index contributed by atoms with van der Waals surface area (Å²) in [5.41, 5.74) is 10.7. The predicted octanol–water partition coefficient (Wildman–Crippen LogP) is 4.95. The highest BCUT2D eigenvalue weighted by Gasteiger charge is 2.21. The second-order valence-corrected chi connectivity index (χ2v) is 7.10. The first kappa shape index (κ1) is 15.8. The molecule has 3 rings (SSSR count). The zero-order valence-electron chi connectivity index (χ0n) is 11.6. The number of allylic oxidation sites excluding steroid dienone is 2. The smallest absolute Gasteiger partial charge is 0.248 e. The molecule has 0 radical (unpaired) electrons. The van der Waals surface area contributed by atoms with Gasteiger partial charge >= 0.3 is 0 Å². The number of alkyl halides is 2. The van der Waals surface area contributed by atoms with Crippen LogP contribution in [0.3, 0.4) is 0 Å². The van der Waals surface area contributed by atoms with Crippen molar-refractivity contribution < 1.29 is 4.79 Å². The van der Waals surface area contributed by atoms with Crippen molar-refractivity contribution in [2.24, 2.45) is 5.73 Å². The number of halogens is 2. The van der Waals surface area contributed by atoms with Gasteiger partial charge in [0.1, 0.15) is 0 Å². The van der Waals surface area contributed by atoms with E-state index < -0.39 is 5.91 Å². The molecule has 1 aliphatic heterocycles. The van der Waals surface area contributed by atoms with Gasteiger partial charge in [0.05, 0.1) is 0 Å². The minimum Gasteiger partial charge on any atom is -0.366 e. The van der Waals surface area contributed by atoms with Crippen LogP contribution >= 0.6 is 43.6 Å². The molecule has 0 spiro atoms. The highest BCUT2D eigenvalue weighted by Crippen LogP contribution is 2.45. The van der Waals surface area contributed by atoms with Crippen LogP contribution in [0.2, 0.25) is 0 Å². The summed E-state index contributed by atoms with van der Waals surface area (Å²) in [7, 11) is 0. The molecule has 112 valence electrons. The van der Waals surface area contributed by atoms with Crippen LogP contribution in [-0.4, -0.2) is 16.6 Å². The van der Waals surface area contributed by atoms with Gasteiger partial charge in [0.2, 0.25) is 5.91 Å². The number of hydrogen-bond acceptors (Lipinski definition) is 2. The van der Waals surface area contributed by atoms with Gasteiger partial charge in [0, 0.05) is 26.0 Å². The van der Waals surface area contributed by atoms with Crippen LogP contribution in [0.25, 0.3) is 11.1 Å². The Kier molecular flexibility index (Phi) is 4.76. The van der Waals surface area contributed by atoms with E-state index in [-0.39, 0.29) is 0 Å². The van der Waals surface area contributed by atoms with Gasteiger partial charge in [0.15, 0.2) is 0 Å². The lowest BCUT2D eigenvalue weighted by atomic mass is 9.96. The number of amides is 1. The lowest BCUT2D eigenvalue weighted by Gasteiger charge is -2.12. The van der Waals surface area contributed by atoms with Crippen molar-refractivity contribution in [3.63, 3.8) is 0 Å². The molecule has 1 heterocycles. The molecular formula is C17H13Br2NOS. The third kappa shape index (κ3) is 2.77. The van der Waals surface area contributed by atoms with Crippen LogP contribution in [-0.2, 0) is 0 Å². The number of primary amides is 1. The summed E-state index contributed by atoms with van der Waals surface area (Å²) in [6.45, 7) is 0. The molecule has 0 saturated carbocycles. The molecule has 0 aliphatic carbocycles. The zero-order valence-corrected chi connectivity index (χ0v) is 15.6. The summed E-state index contributed by atoms with van der Waals surface area (Å²) in [5.74, 6) is -0.399. The SMILES string of the molecule is NC(=O)c1ccc2c(c1)C(CBr)=C(CBr)c1ccccc1S2. The van der Waals surface area contributed by atoms with Crippen LogP contribution in [0.4, 0.5) is 0 Å². The molecule has 2 aromatic carbocycles. The number of nitrogens with two attached hydrogens (primary N) is 1. The van der Waals surface area contributed by atoms with E-state index in [1.165, 1.54) is 21.6 Å². The van der Waals surface area contributed by atoms with Gasteiger partial charge in [-0.1, -0.05) is 61.8 Å². The summed E-state index contributed by atoms with van der Waals surface area (Å²) >= 11 is 8.95. The van der Waals surface area contributed by atoms with E-state index in [2.05, 4.69) is 50.1 Å². The first-order chi connectivity index (χ1) is 10.7. The Labute approximate surface area is 150 Å². The maximum atomic E-state index is 11.5. The van der Waals surface area contributed by atoms with E-state index in [0.717, 1.165) is 21.1 Å². The molecule has 0 saturated heterocycles. The van der Waals surface area contributed by atoms with Gasteiger partial charge in [0.25, 0.3) is 0 Å². The Bertz CT molecular complexity index is 786. The molecule has 0 atom stereocenters. The molecule has 2 aromatic rings. The van der Waals surface area contributed by atoms with Gasteiger partial charge in [-0.3, -0.25) is 4.79 Å². The summed E-state index contributed by atoms with van der Waals surface area (Å²) < 4.78 is 0. The monoisotopic (exact) mass is 437 g/mol. The lowest BCUT2D eigenvalue weighted by molar-refractivity contribution is 0.1000. The molecule has 5 heteroatoms. The van der Waals surface area contributed by atoms with E-state index in [0.29, 0.717) is 5.56 Å². The molecule has 1 aliphatic rings. The van der Waals surface area contributed by atoms with Gasteiger partial charge in [-0.15, -0.1) is 0 Å². The summed E-state index contributed by atoms with van der Waals surface area (Å²) in [4.78, 5) is 13.9. The Morgan fingerprint density at radius 2 is 1.59 bits per heavy atom. The average Bonchev–Trinajstić information content (AvgIpc) is 2.67. The molecule has 2 nitrogen and oxygen atoms in total. The van der Waals surface area contributed by atoms with E-state index >= 15 is 0 Å². The Morgan fingerprint density at radius 3 is 2.27 bits per heavy atom. The first-order valence-corrected chi connectivity index (χ1v) is 9.77. The first-order valence-electron chi connectivity index (χ1n) is 6.71. The molecule has 0 fully saturated rings. The molecular weight excluding hydrogens is 426 g/mol. The number of carbonyl (C=O) groups excluding carboxylic acids is 1. The second-order valence-electron chi connectivity index (χ2n) is 4.90. The van der Waals surface area contributed by atoms with Gasteiger partial charge in [-0.05, 0) is 46.5 Å². The van der Waals surface area contributed by atoms with Crippen molar-refractivity contribution in [1.82, 2.24) is 0 Å². The normalized spacial score (nSPS) is 13.4. The standard InChI is InChI=1S/C17H13Br2NOS/c18-8-13-11-3-1-2-4-15(11)22-16-6-5-10(17(20)21)7-12(16)14(13)9-19/h1-7H,8-9H2,(H2,20,21). The van der Waals surface area contributed by atoms with Gasteiger partial charge in [-0.2, -0.15) is 0 Å². The third-order valence-electron chi connectivity index (χ3n) is 3.65. The van der Waals surface area contributed by atoms with Crippen LogP contribution < -0.4 is 5.73 Å². The summed E-state index contributed by atoms with van der Waals surface area (Å²) in [6.07, 6.45) is 0. The van der Waals surface area contributed by atoms with Crippen molar-refractivity contribution in [3.05, 3.63) is 59.2 Å². The highest BCUT2D eigenvalue weighted by atomic mass is 79.9. The highest BCUT2D eigenvalue weighted by molar-refractivity contribution is 9.09. The van der Waals surface area contributed by atoms with Crippen molar-refractivity contribution in [1.29, 1.82) is 0 Å². The topological polar surface area (TPSA) is 43.1 Å². The largest absolute Gasteiger partial charge is 0.366 e. The zero-order chi connectivity index (χ0) is 15.7. The van der Waals surface area contributed by atoms with E-state index in [9.17, 15) is 4.79 Å². The molecule has 0 aromatic heterocycles. The quantitative estimate of drug-likeness (QED) is 0.688. The van der Waals surface area contributed by atoms with Gasteiger partial charge in [-0.25, -0.2) is 0 Å². The second kappa shape index (κ2) is 6.60. The van der Waals surface area contributed by atoms with E-state index in [1.807, 2.05) is 18.2 Å². The number of fused-ring (bicyclic) bond motifs is 2. The Morgan fingerprint density at radius 1 is 0.955 bits per heavy atom. The van der Waals surface area contributed by atoms with Crippen LogP contribution in [0.15, 0.2) is 52.3 Å². The van der Waals surface area contributed by atoms with Crippen LogP contribution in [0.5, 0.6) is 0 Å². The number of rotatable bonds is 3. The van der Waals surface area contributed by atoms with Crippen LogP contribution in [0.1, 0.15) is 21.5 Å². The maximum Gasteiger partial charge on any atom is 0.248 e.